The topological polar surface area (TPSA) is 96.0 Å². The van der Waals surface area contributed by atoms with Crippen LogP contribution in [0.5, 0.6) is 5.75 Å². The Morgan fingerprint density at radius 2 is 1.49 bits per heavy atom. The van der Waals surface area contributed by atoms with Gasteiger partial charge in [0.2, 0.25) is 11.8 Å². The largest absolute Gasteiger partial charge is 0.497 e. The number of methoxy groups -OCH3 is 1. The molecule has 0 aliphatic heterocycles. The Hall–Kier alpha value is -3.85. The first-order chi connectivity index (χ1) is 19.3. The average molecular weight is 580 g/mol. The first-order valence-electron chi connectivity index (χ1n) is 13.7. The molecule has 3 aromatic carbocycles. The summed E-state index contributed by atoms with van der Waals surface area (Å²) in [5.74, 6) is 0.0980. The first kappa shape index (κ1) is 31.7. The molecule has 0 aliphatic carbocycles. The molecule has 0 saturated carbocycles. The number of carbonyl (C=O) groups excluding carboxylic acids is 2. The quantitative estimate of drug-likeness (QED) is 0.326. The molecule has 220 valence electrons. The molecular formula is C32H41N3O5S. The first-order valence-corrected chi connectivity index (χ1v) is 15.1. The summed E-state index contributed by atoms with van der Waals surface area (Å²) in [4.78, 5) is 28.7. The zero-order valence-electron chi connectivity index (χ0n) is 25.0. The number of aryl methyl sites for hydroxylation is 3. The number of carbonyl (C=O) groups is 2. The van der Waals surface area contributed by atoms with E-state index in [0.717, 1.165) is 21.0 Å². The van der Waals surface area contributed by atoms with Gasteiger partial charge in [0.15, 0.2) is 0 Å². The van der Waals surface area contributed by atoms with Gasteiger partial charge in [-0.2, -0.15) is 0 Å². The number of benzene rings is 3. The van der Waals surface area contributed by atoms with Crippen molar-refractivity contribution in [1.82, 2.24) is 10.2 Å². The zero-order valence-corrected chi connectivity index (χ0v) is 25.8. The van der Waals surface area contributed by atoms with E-state index >= 15 is 0 Å². The molecule has 0 saturated heterocycles. The molecule has 8 nitrogen and oxygen atoms in total. The van der Waals surface area contributed by atoms with Gasteiger partial charge in [-0.3, -0.25) is 13.9 Å². The Kier molecular flexibility index (Phi) is 10.6. The third-order valence-electron chi connectivity index (χ3n) is 6.88. The normalized spacial score (nSPS) is 12.1. The Morgan fingerprint density at radius 1 is 0.878 bits per heavy atom. The number of ether oxygens (including phenoxy) is 1. The van der Waals surface area contributed by atoms with Crippen LogP contribution in [-0.2, 0) is 26.2 Å². The van der Waals surface area contributed by atoms with E-state index < -0.39 is 28.5 Å². The molecular weight excluding hydrogens is 538 g/mol. The fraction of sp³-hybridized carbons (Fsp3) is 0.375. The Labute approximate surface area is 244 Å². The molecule has 3 rings (SSSR count). The molecule has 0 spiro atoms. The molecule has 0 radical (unpaired) electrons. The van der Waals surface area contributed by atoms with Gasteiger partial charge in [0.05, 0.1) is 17.7 Å². The molecule has 0 heterocycles. The van der Waals surface area contributed by atoms with Gasteiger partial charge in [0, 0.05) is 13.1 Å². The Balaban J connectivity index is 2.05. The molecule has 0 bridgehead atoms. The Bertz CT molecular complexity index is 1450. The fourth-order valence-corrected chi connectivity index (χ4v) is 5.77. The summed E-state index contributed by atoms with van der Waals surface area (Å²) < 4.78 is 34.5. The maximum atomic E-state index is 14.1. The minimum Gasteiger partial charge on any atom is -0.497 e. The van der Waals surface area contributed by atoms with Crippen LogP contribution >= 0.6 is 0 Å². The number of anilines is 1. The molecule has 41 heavy (non-hydrogen) atoms. The molecule has 0 aromatic heterocycles. The van der Waals surface area contributed by atoms with Gasteiger partial charge >= 0.3 is 0 Å². The third kappa shape index (κ3) is 8.10. The summed E-state index contributed by atoms with van der Waals surface area (Å²) in [6, 6.07) is 18.4. The van der Waals surface area contributed by atoms with Crippen molar-refractivity contribution in [1.29, 1.82) is 0 Å². The lowest BCUT2D eigenvalue weighted by Crippen LogP contribution is -2.51. The number of amides is 2. The summed E-state index contributed by atoms with van der Waals surface area (Å²) in [6.07, 6.45) is 0. The highest BCUT2D eigenvalue weighted by atomic mass is 32.2. The summed E-state index contributed by atoms with van der Waals surface area (Å²) in [7, 11) is -2.55. The molecule has 2 amide bonds. The maximum absolute atomic E-state index is 14.1. The van der Waals surface area contributed by atoms with Crippen LogP contribution in [0.1, 0.15) is 43.0 Å². The van der Waals surface area contributed by atoms with E-state index in [4.69, 9.17) is 4.74 Å². The predicted octanol–water partition coefficient (Wildman–Crippen LogP) is 5.01. The Morgan fingerprint density at radius 3 is 2.07 bits per heavy atom. The smallest absolute Gasteiger partial charge is 0.264 e. The predicted molar refractivity (Wildman–Crippen MR) is 162 cm³/mol. The van der Waals surface area contributed by atoms with Crippen LogP contribution in [0, 0.1) is 26.7 Å². The van der Waals surface area contributed by atoms with Gasteiger partial charge < -0.3 is 15.0 Å². The molecule has 0 fully saturated rings. The van der Waals surface area contributed by atoms with Crippen molar-refractivity contribution in [3.63, 3.8) is 0 Å². The van der Waals surface area contributed by atoms with E-state index in [1.807, 2.05) is 58.9 Å². The second-order valence-corrected chi connectivity index (χ2v) is 12.7. The number of hydrogen-bond acceptors (Lipinski definition) is 5. The zero-order chi connectivity index (χ0) is 30.3. The standard InChI is InChI=1S/C32H41N3O5S/c1-22(2)19-33-32(37)26(6)34(20-27-12-14-28(40-7)15-13-27)31(36)21-35(30-18-24(4)8-11-25(30)5)41(38,39)29-16-9-23(3)10-17-29/h8-18,22,26H,19-21H2,1-7H3,(H,33,37)/t26-/m0/s1. The summed E-state index contributed by atoms with van der Waals surface area (Å²) in [5.41, 5.74) is 3.69. The van der Waals surface area contributed by atoms with Crippen molar-refractivity contribution < 1.29 is 22.7 Å². The van der Waals surface area contributed by atoms with Crippen LogP contribution in [0.25, 0.3) is 0 Å². The highest BCUT2D eigenvalue weighted by Gasteiger charge is 2.33. The van der Waals surface area contributed by atoms with Crippen molar-refractivity contribution in [3.05, 3.63) is 89.0 Å². The van der Waals surface area contributed by atoms with Crippen LogP contribution in [0.2, 0.25) is 0 Å². The van der Waals surface area contributed by atoms with Crippen molar-refractivity contribution in [3.8, 4) is 5.75 Å². The third-order valence-corrected chi connectivity index (χ3v) is 8.66. The van der Waals surface area contributed by atoms with Crippen molar-refractivity contribution in [2.75, 3.05) is 24.5 Å². The number of rotatable bonds is 12. The molecule has 0 unspecified atom stereocenters. The lowest BCUT2D eigenvalue weighted by molar-refractivity contribution is -0.139. The number of hydrogen-bond donors (Lipinski definition) is 1. The summed E-state index contributed by atoms with van der Waals surface area (Å²) >= 11 is 0. The van der Waals surface area contributed by atoms with Crippen LogP contribution < -0.4 is 14.4 Å². The van der Waals surface area contributed by atoms with Crippen LogP contribution in [0.3, 0.4) is 0 Å². The highest BCUT2D eigenvalue weighted by molar-refractivity contribution is 7.92. The monoisotopic (exact) mass is 579 g/mol. The van der Waals surface area contributed by atoms with Gasteiger partial charge in [-0.05, 0) is 80.6 Å². The van der Waals surface area contributed by atoms with E-state index in [-0.39, 0.29) is 23.3 Å². The van der Waals surface area contributed by atoms with Gasteiger partial charge in [0.1, 0.15) is 18.3 Å². The van der Waals surface area contributed by atoms with Gasteiger partial charge in [-0.1, -0.05) is 55.8 Å². The van der Waals surface area contributed by atoms with Gasteiger partial charge in [-0.15, -0.1) is 0 Å². The van der Waals surface area contributed by atoms with Crippen LogP contribution in [0.15, 0.2) is 71.6 Å². The SMILES string of the molecule is COc1ccc(CN(C(=O)CN(c2cc(C)ccc2C)S(=O)(=O)c2ccc(C)cc2)[C@@H](C)C(=O)NCC(C)C)cc1. The van der Waals surface area contributed by atoms with Crippen LogP contribution in [0.4, 0.5) is 5.69 Å². The van der Waals surface area contributed by atoms with Gasteiger partial charge in [-0.25, -0.2) is 8.42 Å². The second-order valence-electron chi connectivity index (χ2n) is 10.8. The van der Waals surface area contributed by atoms with Crippen LogP contribution in [-0.4, -0.2) is 51.4 Å². The highest BCUT2D eigenvalue weighted by Crippen LogP contribution is 2.29. The summed E-state index contributed by atoms with van der Waals surface area (Å²) in [6.45, 7) is 11.3. The molecule has 0 aliphatic rings. The van der Waals surface area contributed by atoms with Gasteiger partial charge in [0.25, 0.3) is 10.0 Å². The van der Waals surface area contributed by atoms with Crippen molar-refractivity contribution in [2.45, 2.75) is 59.0 Å². The molecule has 1 atom stereocenters. The molecule has 1 N–H and O–H groups in total. The van der Waals surface area contributed by atoms with E-state index in [2.05, 4.69) is 5.32 Å². The average Bonchev–Trinajstić information content (AvgIpc) is 2.94. The second kappa shape index (κ2) is 13.7. The van der Waals surface area contributed by atoms with E-state index in [1.165, 1.54) is 4.90 Å². The fourth-order valence-electron chi connectivity index (χ4n) is 4.30. The number of nitrogens with one attached hydrogen (secondary N) is 1. The molecule has 9 heteroatoms. The van der Waals surface area contributed by atoms with E-state index in [9.17, 15) is 18.0 Å². The lowest BCUT2D eigenvalue weighted by atomic mass is 10.1. The lowest BCUT2D eigenvalue weighted by Gasteiger charge is -2.32. The number of sulfonamides is 1. The maximum Gasteiger partial charge on any atom is 0.264 e. The van der Waals surface area contributed by atoms with E-state index in [1.54, 1.807) is 56.5 Å². The molecule has 3 aromatic rings. The minimum atomic E-state index is -4.12. The minimum absolute atomic E-state index is 0.0845. The van der Waals surface area contributed by atoms with Crippen molar-refractivity contribution in [2.24, 2.45) is 5.92 Å². The summed E-state index contributed by atoms with van der Waals surface area (Å²) in [5, 5.41) is 2.90. The van der Waals surface area contributed by atoms with E-state index in [0.29, 0.717) is 23.5 Å². The number of nitrogens with zero attached hydrogens (tertiary/aromatic N) is 2. The van der Waals surface area contributed by atoms with Crippen molar-refractivity contribution >= 4 is 27.5 Å².